The molecule has 0 spiro atoms. The van der Waals surface area contributed by atoms with E-state index in [0.29, 0.717) is 6.42 Å². The van der Waals surface area contributed by atoms with Gasteiger partial charge >= 0.3 is 0 Å². The molecule has 13 heavy (non-hydrogen) atoms. The van der Waals surface area contributed by atoms with Crippen molar-refractivity contribution in [3.8, 4) is 0 Å². The fourth-order valence-electron chi connectivity index (χ4n) is 1.10. The highest BCUT2D eigenvalue weighted by atomic mass is 35.5. The number of hydrogen-bond donors (Lipinski definition) is 0. The molecule has 0 amide bonds. The molecule has 0 radical (unpaired) electrons. The third-order valence-electron chi connectivity index (χ3n) is 1.86. The van der Waals surface area contributed by atoms with Crippen molar-refractivity contribution in [3.05, 3.63) is 35.9 Å². The summed E-state index contributed by atoms with van der Waals surface area (Å²) in [5.74, 6) is 0.174. The normalized spacial score (nSPS) is 12.5. The maximum absolute atomic E-state index is 11.5. The molecule has 0 saturated heterocycles. The van der Waals surface area contributed by atoms with E-state index in [9.17, 15) is 4.79 Å². The van der Waals surface area contributed by atoms with Crippen molar-refractivity contribution in [3.63, 3.8) is 0 Å². The Bertz CT molecular complexity index is 267. The lowest BCUT2D eigenvalue weighted by Gasteiger charge is -2.01. The number of halogens is 1. The van der Waals surface area contributed by atoms with Gasteiger partial charge in [-0.15, -0.1) is 11.6 Å². The van der Waals surface area contributed by atoms with Gasteiger partial charge in [-0.25, -0.2) is 0 Å². The Kier molecular flexibility index (Phi) is 3.97. The van der Waals surface area contributed by atoms with Crippen LogP contribution in [0.3, 0.4) is 0 Å². The van der Waals surface area contributed by atoms with Crippen LogP contribution in [0.5, 0.6) is 0 Å². The van der Waals surface area contributed by atoms with E-state index in [2.05, 4.69) is 0 Å². The number of carbonyl (C=O) groups excluding carboxylic acids is 1. The van der Waals surface area contributed by atoms with Gasteiger partial charge in [0.05, 0.1) is 0 Å². The first-order valence-corrected chi connectivity index (χ1v) is 4.86. The number of ketones is 1. The van der Waals surface area contributed by atoms with E-state index in [-0.39, 0.29) is 11.2 Å². The predicted octanol–water partition coefficient (Wildman–Crippen LogP) is 3.28. The topological polar surface area (TPSA) is 17.1 Å². The zero-order valence-corrected chi connectivity index (χ0v) is 8.42. The van der Waals surface area contributed by atoms with Gasteiger partial charge in [-0.05, 0) is 13.3 Å². The second-order valence-electron chi connectivity index (χ2n) is 3.11. The van der Waals surface area contributed by atoms with E-state index in [1.165, 1.54) is 0 Å². The predicted molar refractivity (Wildman–Crippen MR) is 55.3 cm³/mol. The van der Waals surface area contributed by atoms with Crippen LogP contribution in [0.4, 0.5) is 0 Å². The maximum atomic E-state index is 11.5. The summed E-state index contributed by atoms with van der Waals surface area (Å²) < 4.78 is 0. The highest BCUT2D eigenvalue weighted by Crippen LogP contribution is 2.09. The van der Waals surface area contributed by atoms with Gasteiger partial charge in [0, 0.05) is 17.4 Å². The third-order valence-corrected chi connectivity index (χ3v) is 2.08. The molecular weight excluding hydrogens is 184 g/mol. The van der Waals surface area contributed by atoms with Gasteiger partial charge in [0.2, 0.25) is 0 Å². The smallest absolute Gasteiger partial charge is 0.162 e. The standard InChI is InChI=1S/C11H13ClO/c1-9(12)7-8-11(13)10-5-3-2-4-6-10/h2-6,9H,7-8H2,1H3/t9-/m0/s1. The van der Waals surface area contributed by atoms with E-state index in [1.54, 1.807) is 0 Å². The molecular formula is C11H13ClO. The average Bonchev–Trinajstić information content (AvgIpc) is 2.15. The fourth-order valence-corrected chi connectivity index (χ4v) is 1.21. The first-order valence-electron chi connectivity index (χ1n) is 4.42. The van der Waals surface area contributed by atoms with Gasteiger partial charge in [0.15, 0.2) is 5.78 Å². The average molecular weight is 197 g/mol. The molecule has 2 heteroatoms. The highest BCUT2D eigenvalue weighted by Gasteiger charge is 2.06. The summed E-state index contributed by atoms with van der Waals surface area (Å²) in [5.41, 5.74) is 0.778. The van der Waals surface area contributed by atoms with Crippen LogP contribution in [0.1, 0.15) is 30.1 Å². The van der Waals surface area contributed by atoms with E-state index < -0.39 is 0 Å². The first-order chi connectivity index (χ1) is 6.20. The van der Waals surface area contributed by atoms with E-state index in [0.717, 1.165) is 12.0 Å². The summed E-state index contributed by atoms with van der Waals surface area (Å²) in [6.45, 7) is 1.90. The van der Waals surface area contributed by atoms with E-state index in [1.807, 2.05) is 37.3 Å². The molecule has 1 rings (SSSR count). The number of alkyl halides is 1. The van der Waals surface area contributed by atoms with Crippen molar-refractivity contribution in [1.29, 1.82) is 0 Å². The van der Waals surface area contributed by atoms with Crippen LogP contribution in [-0.4, -0.2) is 11.2 Å². The summed E-state index contributed by atoms with van der Waals surface area (Å²) in [4.78, 5) is 11.5. The van der Waals surface area contributed by atoms with Crippen LogP contribution in [0, 0.1) is 0 Å². The Morgan fingerprint density at radius 1 is 1.38 bits per heavy atom. The minimum atomic E-state index is 0.0765. The Hall–Kier alpha value is -0.820. The molecule has 0 aromatic heterocycles. The number of carbonyl (C=O) groups is 1. The van der Waals surface area contributed by atoms with Crippen LogP contribution in [0.2, 0.25) is 0 Å². The quantitative estimate of drug-likeness (QED) is 0.534. The van der Waals surface area contributed by atoms with Crippen LogP contribution in [-0.2, 0) is 0 Å². The molecule has 0 bridgehead atoms. The maximum Gasteiger partial charge on any atom is 0.162 e. The van der Waals surface area contributed by atoms with Gasteiger partial charge in [0.1, 0.15) is 0 Å². The number of rotatable bonds is 4. The van der Waals surface area contributed by atoms with E-state index in [4.69, 9.17) is 11.6 Å². The van der Waals surface area contributed by atoms with Crippen LogP contribution in [0.15, 0.2) is 30.3 Å². The fraction of sp³-hybridized carbons (Fsp3) is 0.364. The van der Waals surface area contributed by atoms with Gasteiger partial charge in [-0.2, -0.15) is 0 Å². The number of benzene rings is 1. The molecule has 1 aromatic rings. The van der Waals surface area contributed by atoms with Crippen LogP contribution >= 0.6 is 11.6 Å². The van der Waals surface area contributed by atoms with Crippen molar-refractivity contribution in [1.82, 2.24) is 0 Å². The van der Waals surface area contributed by atoms with Gasteiger partial charge < -0.3 is 0 Å². The van der Waals surface area contributed by atoms with Crippen molar-refractivity contribution in [2.45, 2.75) is 25.1 Å². The highest BCUT2D eigenvalue weighted by molar-refractivity contribution is 6.20. The number of hydrogen-bond acceptors (Lipinski definition) is 1. The van der Waals surface area contributed by atoms with Gasteiger partial charge in [-0.3, -0.25) is 4.79 Å². The van der Waals surface area contributed by atoms with Crippen LogP contribution in [0.25, 0.3) is 0 Å². The molecule has 0 aliphatic heterocycles. The zero-order valence-electron chi connectivity index (χ0n) is 7.66. The SMILES string of the molecule is C[C@H](Cl)CCC(=O)c1ccccc1. The van der Waals surface area contributed by atoms with Crippen molar-refractivity contribution in [2.75, 3.05) is 0 Å². The summed E-state index contributed by atoms with van der Waals surface area (Å²) in [7, 11) is 0. The Morgan fingerprint density at radius 3 is 2.54 bits per heavy atom. The lowest BCUT2D eigenvalue weighted by Crippen LogP contribution is -2.01. The Labute approximate surface area is 83.7 Å². The second kappa shape index (κ2) is 5.03. The lowest BCUT2D eigenvalue weighted by atomic mass is 10.1. The second-order valence-corrected chi connectivity index (χ2v) is 3.85. The molecule has 0 saturated carbocycles. The minimum Gasteiger partial charge on any atom is -0.294 e. The molecule has 0 heterocycles. The summed E-state index contributed by atoms with van der Waals surface area (Å²) >= 11 is 5.76. The van der Waals surface area contributed by atoms with Gasteiger partial charge in [-0.1, -0.05) is 30.3 Å². The first kappa shape index (κ1) is 10.3. The zero-order chi connectivity index (χ0) is 9.68. The van der Waals surface area contributed by atoms with Crippen molar-refractivity contribution >= 4 is 17.4 Å². The Morgan fingerprint density at radius 2 is 2.00 bits per heavy atom. The molecule has 70 valence electrons. The molecule has 1 atom stereocenters. The monoisotopic (exact) mass is 196 g/mol. The third kappa shape index (κ3) is 3.60. The lowest BCUT2D eigenvalue weighted by molar-refractivity contribution is 0.0980. The van der Waals surface area contributed by atoms with Gasteiger partial charge in [0.25, 0.3) is 0 Å². The molecule has 0 aliphatic rings. The Balaban J connectivity index is 2.50. The van der Waals surface area contributed by atoms with Crippen LogP contribution < -0.4 is 0 Å². The molecule has 1 nitrogen and oxygen atoms in total. The van der Waals surface area contributed by atoms with E-state index >= 15 is 0 Å². The number of Topliss-reactive ketones (excluding diaryl/α,β-unsaturated/α-hetero) is 1. The van der Waals surface area contributed by atoms with Crippen molar-refractivity contribution in [2.24, 2.45) is 0 Å². The largest absolute Gasteiger partial charge is 0.294 e. The molecule has 0 unspecified atom stereocenters. The molecule has 1 aromatic carbocycles. The minimum absolute atomic E-state index is 0.0765. The van der Waals surface area contributed by atoms with Crippen molar-refractivity contribution < 1.29 is 4.79 Å². The molecule has 0 aliphatic carbocycles. The summed E-state index contributed by atoms with van der Waals surface area (Å²) in [6.07, 6.45) is 1.28. The molecule has 0 fully saturated rings. The summed E-state index contributed by atoms with van der Waals surface area (Å²) in [6, 6.07) is 9.32. The molecule has 0 N–H and O–H groups in total. The summed E-state index contributed by atoms with van der Waals surface area (Å²) in [5, 5.41) is 0.0765.